The molecule has 0 spiro atoms. The van der Waals surface area contributed by atoms with Gasteiger partial charge in [-0.1, -0.05) is 12.1 Å². The molecule has 6 nitrogen and oxygen atoms in total. The molecular formula is C20H21BrN2O4. The Balaban J connectivity index is 1.86. The molecule has 0 fully saturated rings. The zero-order valence-electron chi connectivity index (χ0n) is 15.3. The molecule has 7 heteroatoms. The van der Waals surface area contributed by atoms with Gasteiger partial charge in [-0.3, -0.25) is 4.79 Å². The highest BCUT2D eigenvalue weighted by molar-refractivity contribution is 9.10. The number of halogens is 1. The Morgan fingerprint density at radius 3 is 2.59 bits per heavy atom. The van der Waals surface area contributed by atoms with Crippen molar-refractivity contribution < 1.29 is 19.0 Å². The molecule has 0 saturated carbocycles. The number of nitrogens with one attached hydrogen (secondary N) is 1. The molecule has 0 unspecified atom stereocenters. The van der Waals surface area contributed by atoms with E-state index in [1.807, 2.05) is 31.2 Å². The van der Waals surface area contributed by atoms with Gasteiger partial charge in [0, 0.05) is 12.6 Å². The Morgan fingerprint density at radius 1 is 1.22 bits per heavy atom. The topological polar surface area (TPSA) is 80.6 Å². The number of ether oxygens (including phenoxy) is 3. The Morgan fingerprint density at radius 2 is 1.96 bits per heavy atom. The first kappa shape index (κ1) is 20.6. The van der Waals surface area contributed by atoms with E-state index in [1.54, 1.807) is 19.2 Å². The van der Waals surface area contributed by atoms with Crippen LogP contribution in [0.25, 0.3) is 0 Å². The molecule has 0 bridgehead atoms. The maximum atomic E-state index is 12.0. The minimum atomic E-state index is -0.234. The molecule has 0 heterocycles. The number of carbonyl (C=O) groups is 1. The number of nitrogens with zero attached hydrogens (tertiary/aromatic N) is 1. The van der Waals surface area contributed by atoms with Gasteiger partial charge in [0.1, 0.15) is 5.75 Å². The largest absolute Gasteiger partial charge is 0.497 e. The average Bonchev–Trinajstić information content (AvgIpc) is 2.68. The molecule has 0 atom stereocenters. The van der Waals surface area contributed by atoms with Crippen molar-refractivity contribution in [2.75, 3.05) is 26.9 Å². The van der Waals surface area contributed by atoms with Crippen molar-refractivity contribution in [2.24, 2.45) is 0 Å². The van der Waals surface area contributed by atoms with E-state index in [1.165, 1.54) is 0 Å². The third-order valence-corrected chi connectivity index (χ3v) is 4.27. The average molecular weight is 433 g/mol. The zero-order valence-corrected chi connectivity index (χ0v) is 16.8. The van der Waals surface area contributed by atoms with Crippen LogP contribution < -0.4 is 19.5 Å². The summed E-state index contributed by atoms with van der Waals surface area (Å²) in [6.07, 6.45) is 0.709. The maximum absolute atomic E-state index is 12.0. The molecule has 2 aromatic rings. The first-order chi connectivity index (χ1) is 13.1. The molecule has 0 radical (unpaired) electrons. The maximum Gasteiger partial charge on any atom is 0.257 e. The second kappa shape index (κ2) is 10.4. The van der Waals surface area contributed by atoms with Gasteiger partial charge in [-0.2, -0.15) is 5.26 Å². The predicted octanol–water partition coefficient (Wildman–Crippen LogP) is 3.47. The summed E-state index contributed by atoms with van der Waals surface area (Å²) in [6, 6.07) is 13.0. The predicted molar refractivity (Wildman–Crippen MR) is 105 cm³/mol. The number of nitriles is 1. The Hall–Kier alpha value is -2.72. The Labute approximate surface area is 167 Å². The molecule has 0 aliphatic rings. The summed E-state index contributed by atoms with van der Waals surface area (Å²) < 4.78 is 16.8. The highest BCUT2D eigenvalue weighted by atomic mass is 79.9. The van der Waals surface area contributed by atoms with Gasteiger partial charge in [0.15, 0.2) is 18.1 Å². The van der Waals surface area contributed by atoms with E-state index in [4.69, 9.17) is 19.5 Å². The lowest BCUT2D eigenvalue weighted by molar-refractivity contribution is -0.123. The quantitative estimate of drug-likeness (QED) is 0.655. The van der Waals surface area contributed by atoms with Crippen molar-refractivity contribution in [3.63, 3.8) is 0 Å². The number of benzene rings is 2. The molecule has 2 aromatic carbocycles. The first-order valence-electron chi connectivity index (χ1n) is 8.46. The first-order valence-corrected chi connectivity index (χ1v) is 9.25. The number of methoxy groups -OCH3 is 1. The summed E-state index contributed by atoms with van der Waals surface area (Å²) in [5.74, 6) is 1.40. The molecule has 0 saturated heterocycles. The van der Waals surface area contributed by atoms with Crippen molar-refractivity contribution in [1.82, 2.24) is 5.32 Å². The Bertz CT molecular complexity index is 816. The molecular weight excluding hydrogens is 412 g/mol. The summed E-state index contributed by atoms with van der Waals surface area (Å²) >= 11 is 3.36. The summed E-state index contributed by atoms with van der Waals surface area (Å²) in [5.41, 5.74) is 1.55. The van der Waals surface area contributed by atoms with Gasteiger partial charge < -0.3 is 19.5 Å². The van der Waals surface area contributed by atoms with Crippen LogP contribution in [-0.2, 0) is 11.2 Å². The smallest absolute Gasteiger partial charge is 0.257 e. The molecule has 0 aromatic heterocycles. The van der Waals surface area contributed by atoms with Gasteiger partial charge in [-0.05, 0) is 53.0 Å². The summed E-state index contributed by atoms with van der Waals surface area (Å²) in [6.45, 7) is 2.61. The molecule has 1 amide bonds. The van der Waals surface area contributed by atoms with Gasteiger partial charge in [0.2, 0.25) is 0 Å². The van der Waals surface area contributed by atoms with Crippen LogP contribution in [0.1, 0.15) is 18.1 Å². The van der Waals surface area contributed by atoms with E-state index >= 15 is 0 Å². The Kier molecular flexibility index (Phi) is 7.96. The van der Waals surface area contributed by atoms with Gasteiger partial charge in [0.25, 0.3) is 5.91 Å². The second-order valence-electron chi connectivity index (χ2n) is 5.57. The molecule has 2 rings (SSSR count). The monoisotopic (exact) mass is 432 g/mol. The molecule has 27 heavy (non-hydrogen) atoms. The van der Waals surface area contributed by atoms with Crippen LogP contribution in [0.4, 0.5) is 0 Å². The molecule has 142 valence electrons. The summed E-state index contributed by atoms with van der Waals surface area (Å²) in [5, 5.41) is 11.9. The summed E-state index contributed by atoms with van der Waals surface area (Å²) in [7, 11) is 1.62. The van der Waals surface area contributed by atoms with Crippen LogP contribution in [0, 0.1) is 11.3 Å². The van der Waals surface area contributed by atoms with E-state index in [2.05, 4.69) is 27.3 Å². The normalized spacial score (nSPS) is 10.0. The summed E-state index contributed by atoms with van der Waals surface area (Å²) in [4.78, 5) is 12.0. The molecule has 0 aliphatic carbocycles. The highest BCUT2D eigenvalue weighted by Gasteiger charge is 2.14. The van der Waals surface area contributed by atoms with Crippen molar-refractivity contribution in [3.8, 4) is 23.3 Å². The number of amides is 1. The van der Waals surface area contributed by atoms with Crippen molar-refractivity contribution in [2.45, 2.75) is 13.3 Å². The fraction of sp³-hybridized carbons (Fsp3) is 0.300. The fourth-order valence-electron chi connectivity index (χ4n) is 2.36. The molecule has 1 N–H and O–H groups in total. The van der Waals surface area contributed by atoms with E-state index in [9.17, 15) is 4.79 Å². The van der Waals surface area contributed by atoms with Crippen LogP contribution in [0.15, 0.2) is 40.9 Å². The van der Waals surface area contributed by atoms with Crippen LogP contribution >= 0.6 is 15.9 Å². The third kappa shape index (κ3) is 6.19. The number of carbonyl (C=O) groups excluding carboxylic acids is 1. The van der Waals surface area contributed by atoms with E-state index in [0.29, 0.717) is 41.1 Å². The number of hydrogen-bond donors (Lipinski definition) is 1. The number of hydrogen-bond acceptors (Lipinski definition) is 5. The lowest BCUT2D eigenvalue weighted by Crippen LogP contribution is -2.30. The van der Waals surface area contributed by atoms with Crippen LogP contribution in [0.2, 0.25) is 0 Å². The van der Waals surface area contributed by atoms with Crippen LogP contribution in [-0.4, -0.2) is 32.8 Å². The lowest BCUT2D eigenvalue weighted by atomic mass is 10.1. The van der Waals surface area contributed by atoms with E-state index in [-0.39, 0.29) is 12.5 Å². The van der Waals surface area contributed by atoms with E-state index in [0.717, 1.165) is 11.3 Å². The van der Waals surface area contributed by atoms with Crippen molar-refractivity contribution >= 4 is 21.8 Å². The minimum absolute atomic E-state index is 0.146. The van der Waals surface area contributed by atoms with Crippen molar-refractivity contribution in [3.05, 3.63) is 52.0 Å². The molecule has 0 aliphatic heterocycles. The zero-order chi connectivity index (χ0) is 19.6. The standard InChI is InChI=1S/C20H21BrN2O4/c1-3-26-18-11-15(12-22)10-17(21)20(18)27-13-19(24)23-9-8-14-4-6-16(25-2)7-5-14/h4-7,10-11H,3,8-9,13H2,1-2H3,(H,23,24). The van der Waals surface area contributed by atoms with Crippen molar-refractivity contribution in [1.29, 1.82) is 5.26 Å². The SMILES string of the molecule is CCOc1cc(C#N)cc(Br)c1OCC(=O)NCCc1ccc(OC)cc1. The van der Waals surface area contributed by atoms with Gasteiger partial charge >= 0.3 is 0 Å². The van der Waals surface area contributed by atoms with Crippen LogP contribution in [0.3, 0.4) is 0 Å². The van der Waals surface area contributed by atoms with Crippen LogP contribution in [0.5, 0.6) is 17.2 Å². The van der Waals surface area contributed by atoms with E-state index < -0.39 is 0 Å². The van der Waals surface area contributed by atoms with Gasteiger partial charge in [0.05, 0.1) is 29.8 Å². The highest BCUT2D eigenvalue weighted by Crippen LogP contribution is 2.36. The number of rotatable bonds is 9. The lowest BCUT2D eigenvalue weighted by Gasteiger charge is -2.14. The van der Waals surface area contributed by atoms with Gasteiger partial charge in [-0.25, -0.2) is 0 Å². The fourth-order valence-corrected chi connectivity index (χ4v) is 2.92. The third-order valence-electron chi connectivity index (χ3n) is 3.68. The van der Waals surface area contributed by atoms with Gasteiger partial charge in [-0.15, -0.1) is 0 Å². The minimum Gasteiger partial charge on any atom is -0.497 e. The second-order valence-corrected chi connectivity index (χ2v) is 6.42.